The number of allylic oxidation sites excluding steroid dienone is 5. The predicted molar refractivity (Wildman–Crippen MR) is 136 cm³/mol. The zero-order chi connectivity index (χ0) is 24.2. The van der Waals surface area contributed by atoms with Crippen molar-refractivity contribution in [3.05, 3.63) is 47.1 Å². The van der Waals surface area contributed by atoms with Gasteiger partial charge in [-0.2, -0.15) is 0 Å². The van der Waals surface area contributed by atoms with Gasteiger partial charge in [-0.25, -0.2) is 0 Å². The molecule has 3 heteroatoms. The average Bonchev–Trinajstić information content (AvgIpc) is 3.15. The molecular formula is C30H44O3. The van der Waals surface area contributed by atoms with Crippen molar-refractivity contribution in [2.75, 3.05) is 0 Å². The maximum absolute atomic E-state index is 10.4. The lowest BCUT2D eigenvalue weighted by Gasteiger charge is -2.42. The molecule has 0 heterocycles. The van der Waals surface area contributed by atoms with Crippen LogP contribution in [0, 0.1) is 29.1 Å². The highest BCUT2D eigenvalue weighted by Crippen LogP contribution is 2.57. The Morgan fingerprint density at radius 3 is 2.70 bits per heavy atom. The summed E-state index contributed by atoms with van der Waals surface area (Å²) in [5.41, 5.74) is 4.19. The topological polar surface area (TPSA) is 60.7 Å². The molecule has 0 saturated heterocycles. The van der Waals surface area contributed by atoms with E-state index in [0.29, 0.717) is 37.5 Å². The molecule has 0 aliphatic heterocycles. The quantitative estimate of drug-likeness (QED) is 0.341. The first kappa shape index (κ1) is 26.0. The molecule has 0 aromatic heterocycles. The Hall–Kier alpha value is -1.60. The second-order valence-corrected chi connectivity index (χ2v) is 10.8. The summed E-state index contributed by atoms with van der Waals surface area (Å²) in [5, 5.41) is 30.6. The van der Waals surface area contributed by atoms with Crippen molar-refractivity contribution in [2.45, 2.75) is 110 Å². The van der Waals surface area contributed by atoms with Crippen molar-refractivity contribution in [2.24, 2.45) is 17.3 Å². The Bertz CT molecular complexity index is 876. The van der Waals surface area contributed by atoms with Crippen molar-refractivity contribution in [1.82, 2.24) is 0 Å². The second-order valence-electron chi connectivity index (χ2n) is 10.8. The first-order chi connectivity index (χ1) is 15.6. The monoisotopic (exact) mass is 452 g/mol. The molecule has 0 bridgehead atoms. The largest absolute Gasteiger partial charge is 0.393 e. The van der Waals surface area contributed by atoms with Gasteiger partial charge in [-0.3, -0.25) is 0 Å². The van der Waals surface area contributed by atoms with Gasteiger partial charge in [-0.05, 0) is 79.8 Å². The van der Waals surface area contributed by atoms with E-state index in [2.05, 4.69) is 50.5 Å². The van der Waals surface area contributed by atoms with Crippen molar-refractivity contribution in [1.29, 1.82) is 0 Å². The van der Waals surface area contributed by atoms with E-state index >= 15 is 0 Å². The van der Waals surface area contributed by atoms with Crippen LogP contribution < -0.4 is 0 Å². The molecule has 3 aliphatic carbocycles. The van der Waals surface area contributed by atoms with Gasteiger partial charge in [0.05, 0.1) is 12.2 Å². The first-order valence-corrected chi connectivity index (χ1v) is 13.0. The van der Waals surface area contributed by atoms with Gasteiger partial charge < -0.3 is 15.3 Å². The van der Waals surface area contributed by atoms with Crippen LogP contribution in [-0.2, 0) is 0 Å². The van der Waals surface area contributed by atoms with Gasteiger partial charge >= 0.3 is 0 Å². The Labute approximate surface area is 201 Å². The average molecular weight is 453 g/mol. The van der Waals surface area contributed by atoms with Crippen LogP contribution in [-0.4, -0.2) is 33.1 Å². The highest BCUT2D eigenvalue weighted by molar-refractivity contribution is 5.40. The third kappa shape index (κ3) is 5.73. The number of rotatable bonds is 6. The van der Waals surface area contributed by atoms with E-state index in [4.69, 9.17) is 0 Å². The molecule has 182 valence electrons. The van der Waals surface area contributed by atoms with Crippen molar-refractivity contribution >= 4 is 0 Å². The van der Waals surface area contributed by atoms with E-state index in [0.717, 1.165) is 36.8 Å². The summed E-state index contributed by atoms with van der Waals surface area (Å²) in [7, 11) is 0. The Morgan fingerprint density at radius 1 is 1.27 bits per heavy atom. The molecular weight excluding hydrogens is 408 g/mol. The van der Waals surface area contributed by atoms with Gasteiger partial charge in [-0.1, -0.05) is 69.6 Å². The maximum atomic E-state index is 10.4. The summed E-state index contributed by atoms with van der Waals surface area (Å²) in [4.78, 5) is 0. The van der Waals surface area contributed by atoms with Gasteiger partial charge in [-0.15, -0.1) is 5.92 Å². The SMILES string of the molecule is C=C1/C(=C\C=C2/CCC[C@]3(C)C([C@@H](C)CCC#CC(O)(CC)CC)=CCC23)C[C@@H](O)C[C@@H]1O. The van der Waals surface area contributed by atoms with Crippen LogP contribution in [0.2, 0.25) is 0 Å². The molecule has 0 amide bonds. The van der Waals surface area contributed by atoms with Gasteiger partial charge in [0, 0.05) is 12.8 Å². The molecule has 2 fully saturated rings. The van der Waals surface area contributed by atoms with Gasteiger partial charge in [0.2, 0.25) is 0 Å². The number of hydrogen-bond acceptors (Lipinski definition) is 3. The lowest BCUT2D eigenvalue weighted by Crippen LogP contribution is -2.32. The molecule has 3 N–H and O–H groups in total. The molecule has 0 aromatic carbocycles. The van der Waals surface area contributed by atoms with Crippen LogP contribution in [0.4, 0.5) is 0 Å². The minimum Gasteiger partial charge on any atom is -0.393 e. The van der Waals surface area contributed by atoms with E-state index in [1.165, 1.54) is 18.4 Å². The summed E-state index contributed by atoms with van der Waals surface area (Å²) < 4.78 is 0. The molecule has 5 atom stereocenters. The van der Waals surface area contributed by atoms with Crippen molar-refractivity contribution < 1.29 is 15.3 Å². The standard InChI is InChI=1S/C30H44O3/c1-6-30(33,7-2)18-9-8-11-21(3)26-15-16-27-23(12-10-17-29(26,27)5)13-14-24-19-25(31)20-28(32)22(24)4/h13-15,21,25,27-28,31-33H,4,6-8,10-12,16-17,19-20H2,1-3,5H3/b23-13+,24-14-/t21-,25+,27?,28-,29+/m0/s1. The molecule has 0 radical (unpaired) electrons. The molecule has 2 saturated carbocycles. The van der Waals surface area contributed by atoms with E-state index in [1.807, 2.05) is 13.8 Å². The van der Waals surface area contributed by atoms with Crippen LogP contribution in [0.15, 0.2) is 47.1 Å². The predicted octanol–water partition coefficient (Wildman–Crippen LogP) is 6.02. The third-order valence-corrected chi connectivity index (χ3v) is 8.60. The van der Waals surface area contributed by atoms with Gasteiger partial charge in [0.15, 0.2) is 0 Å². The summed E-state index contributed by atoms with van der Waals surface area (Å²) in [6.07, 6.45) is 14.5. The first-order valence-electron chi connectivity index (χ1n) is 13.0. The lowest BCUT2D eigenvalue weighted by molar-refractivity contribution is 0.0862. The molecule has 1 unspecified atom stereocenters. The highest BCUT2D eigenvalue weighted by atomic mass is 16.3. The molecule has 3 aliphatic rings. The molecule has 0 spiro atoms. The van der Waals surface area contributed by atoms with E-state index in [9.17, 15) is 15.3 Å². The zero-order valence-electron chi connectivity index (χ0n) is 21.2. The van der Waals surface area contributed by atoms with Gasteiger partial charge in [0.25, 0.3) is 0 Å². The van der Waals surface area contributed by atoms with E-state index in [-0.39, 0.29) is 5.41 Å². The summed E-state index contributed by atoms with van der Waals surface area (Å²) in [6.45, 7) is 12.8. The molecule has 33 heavy (non-hydrogen) atoms. The van der Waals surface area contributed by atoms with Crippen LogP contribution >= 0.6 is 0 Å². The fourth-order valence-electron chi connectivity index (χ4n) is 6.18. The van der Waals surface area contributed by atoms with E-state index in [1.54, 1.807) is 5.57 Å². The maximum Gasteiger partial charge on any atom is 0.125 e. The Morgan fingerprint density at radius 2 is 2.00 bits per heavy atom. The Balaban J connectivity index is 1.69. The number of aliphatic hydroxyl groups is 3. The number of hydrogen-bond donors (Lipinski definition) is 3. The molecule has 3 rings (SSSR count). The van der Waals surface area contributed by atoms with Crippen LogP contribution in [0.3, 0.4) is 0 Å². The second kappa shape index (κ2) is 10.8. The fraction of sp³-hybridized carbons (Fsp3) is 0.667. The van der Waals surface area contributed by atoms with Gasteiger partial charge in [0.1, 0.15) is 5.60 Å². The lowest BCUT2D eigenvalue weighted by atomic mass is 9.62. The fourth-order valence-corrected chi connectivity index (χ4v) is 6.18. The number of fused-ring (bicyclic) bond motifs is 1. The third-order valence-electron chi connectivity index (χ3n) is 8.60. The van der Waals surface area contributed by atoms with Crippen LogP contribution in [0.1, 0.15) is 91.9 Å². The number of aliphatic hydroxyl groups excluding tert-OH is 2. The molecule has 0 aromatic rings. The summed E-state index contributed by atoms with van der Waals surface area (Å²) >= 11 is 0. The molecule has 3 nitrogen and oxygen atoms in total. The highest BCUT2D eigenvalue weighted by Gasteiger charge is 2.45. The van der Waals surface area contributed by atoms with Crippen LogP contribution in [0.25, 0.3) is 0 Å². The van der Waals surface area contributed by atoms with Crippen molar-refractivity contribution in [3.8, 4) is 11.8 Å². The van der Waals surface area contributed by atoms with Crippen LogP contribution in [0.5, 0.6) is 0 Å². The smallest absolute Gasteiger partial charge is 0.125 e. The zero-order valence-corrected chi connectivity index (χ0v) is 21.2. The summed E-state index contributed by atoms with van der Waals surface area (Å²) in [5.74, 6) is 7.37. The minimum absolute atomic E-state index is 0.200. The normalized spacial score (nSPS) is 33.5. The van der Waals surface area contributed by atoms with E-state index < -0.39 is 17.8 Å². The Kier molecular flexibility index (Phi) is 8.49. The van der Waals surface area contributed by atoms with Crippen molar-refractivity contribution in [3.63, 3.8) is 0 Å². The summed E-state index contributed by atoms with van der Waals surface area (Å²) in [6, 6.07) is 0. The minimum atomic E-state index is -0.833.